The van der Waals surface area contributed by atoms with Crippen LogP contribution in [0.25, 0.3) is 0 Å². The highest BCUT2D eigenvalue weighted by Crippen LogP contribution is 2.32. The van der Waals surface area contributed by atoms with Gasteiger partial charge in [0, 0.05) is 11.7 Å². The Hall–Kier alpha value is -1.02. The van der Waals surface area contributed by atoms with E-state index in [1.807, 2.05) is 13.0 Å². The number of hydrogen-bond donors (Lipinski definition) is 1. The third-order valence-electron chi connectivity index (χ3n) is 2.66. The van der Waals surface area contributed by atoms with E-state index in [-0.39, 0.29) is 0 Å². The van der Waals surface area contributed by atoms with Crippen molar-refractivity contribution in [3.63, 3.8) is 0 Å². The first-order chi connectivity index (χ1) is 6.20. The van der Waals surface area contributed by atoms with Crippen molar-refractivity contribution >= 4 is 5.69 Å². The fourth-order valence-corrected chi connectivity index (χ4v) is 2.16. The Morgan fingerprint density at radius 1 is 1.46 bits per heavy atom. The standard InChI is InChI=1S/C11H15NO/c1-8-7-10-5-3-4-6-11(10)12(8)9(2)13/h3-6,8-9,13H,7H2,1-2H3. The van der Waals surface area contributed by atoms with Gasteiger partial charge in [-0.3, -0.25) is 0 Å². The molecular formula is C11H15NO. The molecule has 0 aliphatic carbocycles. The van der Waals surface area contributed by atoms with Crippen LogP contribution in [0.4, 0.5) is 5.69 Å². The largest absolute Gasteiger partial charge is 0.374 e. The van der Waals surface area contributed by atoms with Gasteiger partial charge >= 0.3 is 0 Å². The Bertz CT molecular complexity index is 309. The Balaban J connectivity index is 2.40. The molecule has 0 bridgehead atoms. The topological polar surface area (TPSA) is 23.5 Å². The van der Waals surface area contributed by atoms with Crippen molar-refractivity contribution < 1.29 is 5.11 Å². The number of rotatable bonds is 1. The molecule has 1 heterocycles. The SMILES string of the molecule is CC(O)N1c2ccccc2CC1C. The normalized spacial score (nSPS) is 23.0. The number of para-hydroxylation sites is 1. The predicted molar refractivity (Wildman–Crippen MR) is 53.8 cm³/mol. The Labute approximate surface area is 78.8 Å². The predicted octanol–water partition coefficient (Wildman–Crippen LogP) is 1.78. The maximum Gasteiger partial charge on any atom is 0.124 e. The number of hydrogen-bond acceptors (Lipinski definition) is 2. The molecule has 2 atom stereocenters. The first kappa shape index (κ1) is 8.57. The lowest BCUT2D eigenvalue weighted by atomic mass is 10.1. The summed E-state index contributed by atoms with van der Waals surface area (Å²) in [6, 6.07) is 8.70. The van der Waals surface area contributed by atoms with Crippen molar-refractivity contribution in [2.45, 2.75) is 32.5 Å². The zero-order valence-corrected chi connectivity index (χ0v) is 8.07. The van der Waals surface area contributed by atoms with Crippen LogP contribution in [0.5, 0.6) is 0 Å². The van der Waals surface area contributed by atoms with E-state index >= 15 is 0 Å². The molecule has 2 nitrogen and oxygen atoms in total. The van der Waals surface area contributed by atoms with Crippen LogP contribution in [0, 0.1) is 0 Å². The Morgan fingerprint density at radius 2 is 2.15 bits per heavy atom. The van der Waals surface area contributed by atoms with Crippen molar-refractivity contribution in [3.8, 4) is 0 Å². The molecular weight excluding hydrogens is 162 g/mol. The van der Waals surface area contributed by atoms with Crippen LogP contribution < -0.4 is 4.90 Å². The van der Waals surface area contributed by atoms with Crippen LogP contribution >= 0.6 is 0 Å². The van der Waals surface area contributed by atoms with Crippen molar-refractivity contribution in [2.24, 2.45) is 0 Å². The quantitative estimate of drug-likeness (QED) is 0.706. The van der Waals surface area contributed by atoms with Gasteiger partial charge < -0.3 is 10.0 Å². The summed E-state index contributed by atoms with van der Waals surface area (Å²) in [5.74, 6) is 0. The third-order valence-corrected chi connectivity index (χ3v) is 2.66. The Kier molecular flexibility index (Phi) is 2.00. The summed E-state index contributed by atoms with van der Waals surface area (Å²) in [6.45, 7) is 3.96. The number of fused-ring (bicyclic) bond motifs is 1. The van der Waals surface area contributed by atoms with Crippen LogP contribution in [0.2, 0.25) is 0 Å². The van der Waals surface area contributed by atoms with Gasteiger partial charge in [0.25, 0.3) is 0 Å². The van der Waals surface area contributed by atoms with Gasteiger partial charge in [-0.25, -0.2) is 0 Å². The summed E-state index contributed by atoms with van der Waals surface area (Å²) in [7, 11) is 0. The maximum absolute atomic E-state index is 9.60. The van der Waals surface area contributed by atoms with E-state index < -0.39 is 6.23 Å². The van der Waals surface area contributed by atoms with E-state index in [4.69, 9.17) is 0 Å². The van der Waals surface area contributed by atoms with Crippen LogP contribution in [-0.2, 0) is 6.42 Å². The highest BCUT2D eigenvalue weighted by Gasteiger charge is 2.27. The number of aliphatic hydroxyl groups is 1. The number of benzene rings is 1. The van der Waals surface area contributed by atoms with Gasteiger partial charge in [-0.15, -0.1) is 0 Å². The summed E-state index contributed by atoms with van der Waals surface area (Å²) in [6.07, 6.45) is 0.653. The highest BCUT2D eigenvalue weighted by atomic mass is 16.3. The van der Waals surface area contributed by atoms with E-state index in [2.05, 4.69) is 30.0 Å². The zero-order chi connectivity index (χ0) is 9.42. The van der Waals surface area contributed by atoms with E-state index in [9.17, 15) is 5.11 Å². The van der Waals surface area contributed by atoms with Gasteiger partial charge in [0.15, 0.2) is 0 Å². The molecule has 1 aromatic rings. The summed E-state index contributed by atoms with van der Waals surface area (Å²) in [5.41, 5.74) is 2.53. The average molecular weight is 177 g/mol. The lowest BCUT2D eigenvalue weighted by Gasteiger charge is -2.27. The molecule has 70 valence electrons. The van der Waals surface area contributed by atoms with Crippen LogP contribution in [0.1, 0.15) is 19.4 Å². The zero-order valence-electron chi connectivity index (χ0n) is 8.07. The van der Waals surface area contributed by atoms with Gasteiger partial charge in [0.2, 0.25) is 0 Å². The number of nitrogens with zero attached hydrogens (tertiary/aromatic N) is 1. The van der Waals surface area contributed by atoms with Gasteiger partial charge in [-0.05, 0) is 31.9 Å². The minimum atomic E-state index is -0.390. The fourth-order valence-electron chi connectivity index (χ4n) is 2.16. The fraction of sp³-hybridized carbons (Fsp3) is 0.455. The van der Waals surface area contributed by atoms with Crippen molar-refractivity contribution in [1.82, 2.24) is 0 Å². The second-order valence-corrected chi connectivity index (χ2v) is 3.72. The minimum absolute atomic E-state index is 0.390. The maximum atomic E-state index is 9.60. The Morgan fingerprint density at radius 3 is 2.85 bits per heavy atom. The molecule has 0 radical (unpaired) electrons. The molecule has 0 fully saturated rings. The van der Waals surface area contributed by atoms with Gasteiger partial charge in [-0.2, -0.15) is 0 Å². The molecule has 2 unspecified atom stereocenters. The molecule has 1 aliphatic rings. The van der Waals surface area contributed by atoms with Gasteiger partial charge in [-0.1, -0.05) is 18.2 Å². The van der Waals surface area contributed by atoms with Crippen LogP contribution in [0.3, 0.4) is 0 Å². The van der Waals surface area contributed by atoms with E-state index in [0.29, 0.717) is 6.04 Å². The monoisotopic (exact) mass is 177 g/mol. The lowest BCUT2D eigenvalue weighted by Crippen LogP contribution is -2.37. The van der Waals surface area contributed by atoms with Crippen LogP contribution in [-0.4, -0.2) is 17.4 Å². The van der Waals surface area contributed by atoms with Gasteiger partial charge in [0.05, 0.1) is 0 Å². The molecule has 0 spiro atoms. The average Bonchev–Trinajstić information content (AvgIpc) is 2.39. The molecule has 1 N–H and O–H groups in total. The summed E-state index contributed by atoms with van der Waals surface area (Å²) in [5, 5.41) is 9.60. The molecule has 0 saturated carbocycles. The second kappa shape index (κ2) is 3.04. The molecule has 0 saturated heterocycles. The van der Waals surface area contributed by atoms with E-state index in [1.165, 1.54) is 11.3 Å². The molecule has 1 aliphatic heterocycles. The molecule has 1 aromatic carbocycles. The smallest absolute Gasteiger partial charge is 0.124 e. The highest BCUT2D eigenvalue weighted by molar-refractivity contribution is 5.59. The number of aliphatic hydroxyl groups excluding tert-OH is 1. The minimum Gasteiger partial charge on any atom is -0.374 e. The second-order valence-electron chi connectivity index (χ2n) is 3.72. The third kappa shape index (κ3) is 1.31. The van der Waals surface area contributed by atoms with Crippen LogP contribution in [0.15, 0.2) is 24.3 Å². The summed E-state index contributed by atoms with van der Waals surface area (Å²) >= 11 is 0. The van der Waals surface area contributed by atoms with Crippen molar-refractivity contribution in [3.05, 3.63) is 29.8 Å². The molecule has 0 aromatic heterocycles. The molecule has 2 heteroatoms. The lowest BCUT2D eigenvalue weighted by molar-refractivity contribution is 0.182. The van der Waals surface area contributed by atoms with E-state index in [0.717, 1.165) is 6.42 Å². The molecule has 0 amide bonds. The summed E-state index contributed by atoms with van der Waals surface area (Å²) in [4.78, 5) is 2.06. The first-order valence-electron chi connectivity index (χ1n) is 4.74. The summed E-state index contributed by atoms with van der Waals surface area (Å²) < 4.78 is 0. The van der Waals surface area contributed by atoms with E-state index in [1.54, 1.807) is 0 Å². The van der Waals surface area contributed by atoms with Gasteiger partial charge in [0.1, 0.15) is 6.23 Å². The van der Waals surface area contributed by atoms with Crippen molar-refractivity contribution in [2.75, 3.05) is 4.90 Å². The number of anilines is 1. The van der Waals surface area contributed by atoms with Crippen molar-refractivity contribution in [1.29, 1.82) is 0 Å². The molecule has 13 heavy (non-hydrogen) atoms. The first-order valence-corrected chi connectivity index (χ1v) is 4.74. The molecule has 2 rings (SSSR count).